The van der Waals surface area contributed by atoms with E-state index in [2.05, 4.69) is 0 Å². The van der Waals surface area contributed by atoms with Crippen molar-refractivity contribution in [1.82, 2.24) is 0 Å². The van der Waals surface area contributed by atoms with Gasteiger partial charge in [-0.15, -0.1) is 0 Å². The van der Waals surface area contributed by atoms with Gasteiger partial charge in [-0.05, 0) is 22.8 Å². The van der Waals surface area contributed by atoms with Gasteiger partial charge in [0, 0.05) is 5.56 Å². The summed E-state index contributed by atoms with van der Waals surface area (Å²) in [6, 6.07) is 12.1. The maximum Gasteiger partial charge on any atom is 0.147 e. The van der Waals surface area contributed by atoms with Crippen LogP contribution in [-0.2, 0) is 5.11 Å². The summed E-state index contributed by atoms with van der Waals surface area (Å²) in [4.78, 5) is 0. The number of halogens is 1. The molecule has 0 spiro atoms. The van der Waals surface area contributed by atoms with Crippen molar-refractivity contribution in [3.8, 4) is 11.1 Å². The summed E-state index contributed by atoms with van der Waals surface area (Å²) in [7, 11) is 0. The van der Waals surface area contributed by atoms with Gasteiger partial charge in [-0.25, -0.2) is 9.50 Å². The summed E-state index contributed by atoms with van der Waals surface area (Å²) in [6.45, 7) is 0. The third kappa shape index (κ3) is 1.05. The Hall–Kier alpha value is -1.67. The predicted octanol–water partition coefficient (Wildman–Crippen LogP) is 3.33. The Morgan fingerprint density at radius 3 is 2.53 bits per heavy atom. The predicted molar refractivity (Wildman–Crippen MR) is 54.4 cm³/mol. The summed E-state index contributed by atoms with van der Waals surface area (Å²) in [5.41, 5.74) is 2.58. The Labute approximate surface area is 86.8 Å². The summed E-state index contributed by atoms with van der Waals surface area (Å²) in [6.07, 6.45) is -1.07. The molecule has 1 atom stereocenters. The van der Waals surface area contributed by atoms with Crippen LogP contribution in [-0.4, -0.2) is 0 Å². The van der Waals surface area contributed by atoms with Crippen LogP contribution in [0.15, 0.2) is 42.5 Å². The molecule has 2 heteroatoms. The van der Waals surface area contributed by atoms with Crippen molar-refractivity contribution < 1.29 is 9.50 Å². The average Bonchev–Trinajstić information content (AvgIpc) is 2.55. The normalized spacial score (nSPS) is 17.3. The van der Waals surface area contributed by atoms with Crippen LogP contribution in [0.5, 0.6) is 0 Å². The first kappa shape index (κ1) is 8.62. The number of fused-ring (bicyclic) bond motifs is 3. The van der Waals surface area contributed by atoms with Crippen molar-refractivity contribution in [3.63, 3.8) is 0 Å². The van der Waals surface area contributed by atoms with E-state index in [1.165, 1.54) is 6.07 Å². The summed E-state index contributed by atoms with van der Waals surface area (Å²) in [5, 5.41) is 12.0. The molecule has 1 aliphatic carbocycles. The van der Waals surface area contributed by atoms with Crippen LogP contribution >= 0.6 is 0 Å². The van der Waals surface area contributed by atoms with E-state index in [1.54, 1.807) is 18.2 Å². The van der Waals surface area contributed by atoms with E-state index in [9.17, 15) is 9.50 Å². The van der Waals surface area contributed by atoms with Gasteiger partial charge in [0.05, 0.1) is 0 Å². The molecule has 0 heterocycles. The summed E-state index contributed by atoms with van der Waals surface area (Å²) < 4.78 is 13.5. The molecule has 0 bridgehead atoms. The molecule has 0 fully saturated rings. The third-order valence-electron chi connectivity index (χ3n) is 2.85. The molecular formula is C13H8FO. The first-order valence-electron chi connectivity index (χ1n) is 4.82. The maximum absolute atomic E-state index is 13.5. The summed E-state index contributed by atoms with van der Waals surface area (Å²) >= 11 is 0. The molecule has 0 amide bonds. The van der Waals surface area contributed by atoms with Crippen LogP contribution in [0.25, 0.3) is 11.1 Å². The Morgan fingerprint density at radius 2 is 1.67 bits per heavy atom. The molecule has 2 aromatic carbocycles. The zero-order chi connectivity index (χ0) is 10.4. The van der Waals surface area contributed by atoms with Crippen LogP contribution in [0.1, 0.15) is 17.2 Å². The van der Waals surface area contributed by atoms with Gasteiger partial charge >= 0.3 is 0 Å². The van der Waals surface area contributed by atoms with Gasteiger partial charge in [-0.3, -0.25) is 0 Å². The second kappa shape index (κ2) is 2.91. The topological polar surface area (TPSA) is 19.9 Å². The zero-order valence-corrected chi connectivity index (χ0v) is 7.91. The lowest BCUT2D eigenvalue weighted by molar-refractivity contribution is 0.125. The molecule has 3 rings (SSSR count). The lowest BCUT2D eigenvalue weighted by Gasteiger charge is -2.02. The second-order valence-corrected chi connectivity index (χ2v) is 3.67. The van der Waals surface area contributed by atoms with E-state index >= 15 is 0 Å². The van der Waals surface area contributed by atoms with E-state index in [-0.39, 0.29) is 0 Å². The van der Waals surface area contributed by atoms with Crippen molar-refractivity contribution in [2.24, 2.45) is 0 Å². The third-order valence-corrected chi connectivity index (χ3v) is 2.85. The van der Waals surface area contributed by atoms with Crippen molar-refractivity contribution in [3.05, 3.63) is 59.4 Å². The van der Waals surface area contributed by atoms with Gasteiger partial charge in [-0.1, -0.05) is 36.4 Å². The highest BCUT2D eigenvalue weighted by Crippen LogP contribution is 2.44. The lowest BCUT2D eigenvalue weighted by Crippen LogP contribution is -1.94. The fraction of sp³-hybridized carbons (Fsp3) is 0.0769. The number of hydrogen-bond donors (Lipinski definition) is 0. The van der Waals surface area contributed by atoms with E-state index in [0.717, 1.165) is 11.1 Å². The first-order valence-corrected chi connectivity index (χ1v) is 4.82. The molecule has 1 nitrogen and oxygen atoms in total. The molecule has 15 heavy (non-hydrogen) atoms. The molecule has 1 aliphatic rings. The minimum absolute atomic E-state index is 0.290. The number of hydrogen-bond acceptors (Lipinski definition) is 0. The van der Waals surface area contributed by atoms with E-state index in [4.69, 9.17) is 0 Å². The highest BCUT2D eigenvalue weighted by atomic mass is 19.1. The fourth-order valence-electron chi connectivity index (χ4n) is 2.16. The van der Waals surface area contributed by atoms with E-state index in [0.29, 0.717) is 11.1 Å². The molecule has 0 aromatic heterocycles. The monoisotopic (exact) mass is 199 g/mol. The van der Waals surface area contributed by atoms with Crippen LogP contribution in [0.4, 0.5) is 4.39 Å². The van der Waals surface area contributed by atoms with E-state index in [1.807, 2.05) is 18.2 Å². The summed E-state index contributed by atoms with van der Waals surface area (Å²) in [5.74, 6) is -0.399. The van der Waals surface area contributed by atoms with Gasteiger partial charge in [-0.2, -0.15) is 0 Å². The largest absolute Gasteiger partial charge is 0.222 e. The van der Waals surface area contributed by atoms with Gasteiger partial charge in [0.2, 0.25) is 0 Å². The zero-order valence-electron chi connectivity index (χ0n) is 7.91. The highest BCUT2D eigenvalue weighted by molar-refractivity contribution is 5.78. The van der Waals surface area contributed by atoms with Gasteiger partial charge in [0.25, 0.3) is 0 Å². The number of rotatable bonds is 0. The van der Waals surface area contributed by atoms with Gasteiger partial charge in [0.1, 0.15) is 11.9 Å². The Balaban J connectivity index is 2.37. The maximum atomic E-state index is 13.5. The Bertz CT molecular complexity index is 534. The molecule has 0 saturated carbocycles. The fourth-order valence-corrected chi connectivity index (χ4v) is 2.16. The van der Waals surface area contributed by atoms with Crippen LogP contribution < -0.4 is 0 Å². The molecule has 1 radical (unpaired) electrons. The van der Waals surface area contributed by atoms with Crippen molar-refractivity contribution in [1.29, 1.82) is 0 Å². The van der Waals surface area contributed by atoms with Crippen molar-refractivity contribution >= 4 is 0 Å². The average molecular weight is 199 g/mol. The molecule has 2 aromatic rings. The molecule has 0 N–H and O–H groups in total. The van der Waals surface area contributed by atoms with Crippen LogP contribution in [0.2, 0.25) is 0 Å². The first-order chi connectivity index (χ1) is 7.29. The smallest absolute Gasteiger partial charge is 0.147 e. The lowest BCUT2D eigenvalue weighted by atomic mass is 10.1. The molecule has 73 valence electrons. The Morgan fingerprint density at radius 1 is 0.933 bits per heavy atom. The SMILES string of the molecule is [O]C1c2ccccc2-c2cccc(F)c21. The van der Waals surface area contributed by atoms with Gasteiger partial charge < -0.3 is 0 Å². The Kier molecular flexibility index (Phi) is 1.67. The number of benzene rings is 2. The van der Waals surface area contributed by atoms with Crippen LogP contribution in [0.3, 0.4) is 0 Å². The van der Waals surface area contributed by atoms with Gasteiger partial charge in [0.15, 0.2) is 0 Å². The quantitative estimate of drug-likeness (QED) is 0.620. The van der Waals surface area contributed by atoms with E-state index < -0.39 is 11.9 Å². The van der Waals surface area contributed by atoms with Crippen molar-refractivity contribution in [2.75, 3.05) is 0 Å². The standard InChI is InChI=1S/C13H8FO/c14-11-7-3-6-9-8-4-1-2-5-10(8)13(15)12(9)11/h1-7,13H. The highest BCUT2D eigenvalue weighted by Gasteiger charge is 2.30. The molecule has 0 saturated heterocycles. The minimum Gasteiger partial charge on any atom is -0.222 e. The van der Waals surface area contributed by atoms with Crippen LogP contribution in [0, 0.1) is 5.82 Å². The second-order valence-electron chi connectivity index (χ2n) is 3.67. The molecule has 1 unspecified atom stereocenters. The minimum atomic E-state index is -1.07. The molecular weight excluding hydrogens is 191 g/mol. The van der Waals surface area contributed by atoms with Crippen molar-refractivity contribution in [2.45, 2.75) is 6.10 Å². The molecule has 0 aliphatic heterocycles.